The van der Waals surface area contributed by atoms with Gasteiger partial charge in [0.05, 0.1) is 18.7 Å². The average Bonchev–Trinajstić information content (AvgIpc) is 3.03. The lowest BCUT2D eigenvalue weighted by molar-refractivity contribution is -0.115. The van der Waals surface area contributed by atoms with Gasteiger partial charge in [0.15, 0.2) is 0 Å². The number of anilines is 1. The average molecular weight is 444 g/mol. The first kappa shape index (κ1) is 23.4. The van der Waals surface area contributed by atoms with Crippen LogP contribution in [0.5, 0.6) is 0 Å². The van der Waals surface area contributed by atoms with Crippen LogP contribution in [0, 0.1) is 0 Å². The number of benzene rings is 1. The van der Waals surface area contributed by atoms with Gasteiger partial charge in [-0.15, -0.1) is 11.3 Å². The number of nitrogens with one attached hydrogen (secondary N) is 3. The van der Waals surface area contributed by atoms with E-state index in [1.54, 1.807) is 6.92 Å². The van der Waals surface area contributed by atoms with Crippen molar-refractivity contribution in [1.29, 1.82) is 0 Å². The second kappa shape index (κ2) is 9.51. The standard InChI is InChI=1S/C24H33N3O3S/c1-6-30-22(29)19-17-14-23(2,3)27-24(4,5)20(17)31-21(19)26-18(28)15-25-13-12-16-10-8-7-9-11-16/h7-11,25,27H,6,12-15H2,1-5H3,(H,26,28). The number of thiophene rings is 1. The SMILES string of the molecule is CCOC(=O)c1c(NC(=O)CNCCc2ccccc2)sc2c1CC(C)(C)NC2(C)C. The molecule has 0 saturated carbocycles. The lowest BCUT2D eigenvalue weighted by Crippen LogP contribution is -2.55. The van der Waals surface area contributed by atoms with Crippen molar-refractivity contribution in [2.24, 2.45) is 0 Å². The summed E-state index contributed by atoms with van der Waals surface area (Å²) in [6.07, 6.45) is 1.55. The smallest absolute Gasteiger partial charge is 0.341 e. The van der Waals surface area contributed by atoms with E-state index in [0.29, 0.717) is 30.1 Å². The molecule has 31 heavy (non-hydrogen) atoms. The van der Waals surface area contributed by atoms with Crippen molar-refractivity contribution in [3.8, 4) is 0 Å². The summed E-state index contributed by atoms with van der Waals surface area (Å²) in [4.78, 5) is 26.5. The minimum absolute atomic E-state index is 0.165. The Labute approximate surface area is 188 Å². The summed E-state index contributed by atoms with van der Waals surface area (Å²) in [6.45, 7) is 11.4. The van der Waals surface area contributed by atoms with E-state index in [9.17, 15) is 9.59 Å². The molecule has 1 aromatic heterocycles. The molecular weight excluding hydrogens is 410 g/mol. The summed E-state index contributed by atoms with van der Waals surface area (Å²) in [6, 6.07) is 10.1. The van der Waals surface area contributed by atoms with Crippen LogP contribution >= 0.6 is 11.3 Å². The molecule has 0 saturated heterocycles. The summed E-state index contributed by atoms with van der Waals surface area (Å²) in [5.41, 5.74) is 2.23. The van der Waals surface area contributed by atoms with Gasteiger partial charge in [0.25, 0.3) is 0 Å². The van der Waals surface area contributed by atoms with E-state index in [1.165, 1.54) is 16.9 Å². The van der Waals surface area contributed by atoms with E-state index >= 15 is 0 Å². The number of amides is 1. The first-order valence-electron chi connectivity index (χ1n) is 10.8. The highest BCUT2D eigenvalue weighted by atomic mass is 32.1. The van der Waals surface area contributed by atoms with Gasteiger partial charge in [-0.1, -0.05) is 30.3 Å². The molecule has 168 valence electrons. The predicted octanol–water partition coefficient (Wildman–Crippen LogP) is 3.86. The highest BCUT2D eigenvalue weighted by molar-refractivity contribution is 7.17. The molecule has 2 aromatic rings. The molecule has 0 unspecified atom stereocenters. The maximum Gasteiger partial charge on any atom is 0.341 e. The van der Waals surface area contributed by atoms with Crippen molar-refractivity contribution in [3.05, 3.63) is 51.9 Å². The van der Waals surface area contributed by atoms with Crippen molar-refractivity contribution in [3.63, 3.8) is 0 Å². The molecule has 1 aromatic carbocycles. The molecule has 0 aliphatic carbocycles. The van der Waals surface area contributed by atoms with E-state index in [-0.39, 0.29) is 29.5 Å². The van der Waals surface area contributed by atoms with E-state index in [2.05, 4.69) is 55.8 Å². The van der Waals surface area contributed by atoms with Gasteiger partial charge < -0.3 is 20.7 Å². The van der Waals surface area contributed by atoms with Gasteiger partial charge in [-0.2, -0.15) is 0 Å². The predicted molar refractivity (Wildman–Crippen MR) is 126 cm³/mol. The van der Waals surface area contributed by atoms with Gasteiger partial charge in [0.1, 0.15) is 5.00 Å². The van der Waals surface area contributed by atoms with Crippen LogP contribution in [0.25, 0.3) is 0 Å². The largest absolute Gasteiger partial charge is 0.462 e. The van der Waals surface area contributed by atoms with Crippen LogP contribution < -0.4 is 16.0 Å². The molecule has 3 rings (SSSR count). The van der Waals surface area contributed by atoms with Crippen molar-refractivity contribution in [2.45, 2.75) is 58.5 Å². The molecule has 7 heteroatoms. The van der Waals surface area contributed by atoms with Gasteiger partial charge in [0.2, 0.25) is 5.91 Å². The Kier molecular flexibility index (Phi) is 7.19. The summed E-state index contributed by atoms with van der Waals surface area (Å²) in [5, 5.41) is 10.4. The molecule has 1 amide bonds. The minimum atomic E-state index is -0.374. The van der Waals surface area contributed by atoms with Crippen LogP contribution in [0.15, 0.2) is 30.3 Å². The van der Waals surface area contributed by atoms with Crippen LogP contribution in [0.4, 0.5) is 5.00 Å². The lowest BCUT2D eigenvalue weighted by atomic mass is 9.81. The number of rotatable bonds is 8. The quantitative estimate of drug-likeness (QED) is 0.427. The Morgan fingerprint density at radius 2 is 1.87 bits per heavy atom. The van der Waals surface area contributed by atoms with Crippen LogP contribution in [-0.2, 0) is 27.9 Å². The highest BCUT2D eigenvalue weighted by Gasteiger charge is 2.42. The maximum atomic E-state index is 12.8. The molecule has 0 spiro atoms. The fourth-order valence-corrected chi connectivity index (χ4v) is 5.57. The molecule has 6 nitrogen and oxygen atoms in total. The Morgan fingerprint density at radius 3 is 2.55 bits per heavy atom. The van der Waals surface area contributed by atoms with E-state index in [0.717, 1.165) is 16.9 Å². The zero-order valence-electron chi connectivity index (χ0n) is 19.1. The van der Waals surface area contributed by atoms with Gasteiger partial charge >= 0.3 is 5.97 Å². The third-order valence-corrected chi connectivity index (χ3v) is 6.77. The van der Waals surface area contributed by atoms with Crippen molar-refractivity contribution >= 4 is 28.2 Å². The minimum Gasteiger partial charge on any atom is -0.462 e. The number of hydrogen-bond acceptors (Lipinski definition) is 6. The zero-order valence-corrected chi connectivity index (χ0v) is 19.9. The number of esters is 1. The normalized spacial score (nSPS) is 16.4. The zero-order chi connectivity index (χ0) is 22.6. The summed E-state index contributed by atoms with van der Waals surface area (Å²) >= 11 is 1.47. The van der Waals surface area contributed by atoms with Crippen LogP contribution in [-0.4, -0.2) is 37.1 Å². The molecule has 2 heterocycles. The summed E-state index contributed by atoms with van der Waals surface area (Å²) < 4.78 is 5.34. The van der Waals surface area contributed by atoms with Crippen LogP contribution in [0.1, 0.15) is 61.0 Å². The molecule has 1 aliphatic rings. The van der Waals surface area contributed by atoms with Crippen molar-refractivity contribution in [1.82, 2.24) is 10.6 Å². The Morgan fingerprint density at radius 1 is 1.16 bits per heavy atom. The van der Waals surface area contributed by atoms with Crippen molar-refractivity contribution in [2.75, 3.05) is 25.0 Å². The third kappa shape index (κ3) is 5.73. The Bertz CT molecular complexity index is 935. The molecule has 0 bridgehead atoms. The maximum absolute atomic E-state index is 12.8. The molecule has 0 radical (unpaired) electrons. The summed E-state index contributed by atoms with van der Waals surface area (Å²) in [7, 11) is 0. The first-order chi connectivity index (χ1) is 14.6. The fourth-order valence-electron chi connectivity index (χ4n) is 4.28. The molecule has 3 N–H and O–H groups in total. The number of fused-ring (bicyclic) bond motifs is 1. The number of carbonyl (C=O) groups is 2. The second-order valence-electron chi connectivity index (χ2n) is 9.11. The van der Waals surface area contributed by atoms with Crippen molar-refractivity contribution < 1.29 is 14.3 Å². The first-order valence-corrected chi connectivity index (χ1v) is 11.6. The third-order valence-electron chi connectivity index (χ3n) is 5.30. The van der Waals surface area contributed by atoms with Gasteiger partial charge in [0, 0.05) is 16.0 Å². The van der Waals surface area contributed by atoms with E-state index in [4.69, 9.17) is 4.74 Å². The van der Waals surface area contributed by atoms with Crippen LogP contribution in [0.2, 0.25) is 0 Å². The van der Waals surface area contributed by atoms with Gasteiger partial charge in [-0.25, -0.2) is 4.79 Å². The number of carbonyl (C=O) groups excluding carboxylic acids is 2. The molecule has 0 atom stereocenters. The fraction of sp³-hybridized carbons (Fsp3) is 0.500. The van der Waals surface area contributed by atoms with E-state index < -0.39 is 0 Å². The van der Waals surface area contributed by atoms with Gasteiger partial charge in [-0.3, -0.25) is 4.79 Å². The molecular formula is C24H33N3O3S. The summed E-state index contributed by atoms with van der Waals surface area (Å²) in [5.74, 6) is -0.539. The second-order valence-corrected chi connectivity index (χ2v) is 10.1. The monoisotopic (exact) mass is 443 g/mol. The Balaban J connectivity index is 1.73. The van der Waals surface area contributed by atoms with E-state index in [1.807, 2.05) is 18.2 Å². The van der Waals surface area contributed by atoms with Crippen LogP contribution in [0.3, 0.4) is 0 Å². The molecule has 1 aliphatic heterocycles. The van der Waals surface area contributed by atoms with Gasteiger partial charge in [-0.05, 0) is 65.1 Å². The topological polar surface area (TPSA) is 79.5 Å². The number of hydrogen-bond donors (Lipinski definition) is 3. The number of ether oxygens (including phenoxy) is 1. The lowest BCUT2D eigenvalue weighted by Gasteiger charge is -2.42. The Hall–Kier alpha value is -2.22. The highest BCUT2D eigenvalue weighted by Crippen LogP contribution is 2.45. The molecule has 0 fully saturated rings.